The van der Waals surface area contributed by atoms with E-state index in [2.05, 4.69) is 10.3 Å². The third-order valence-electron chi connectivity index (χ3n) is 3.72. The first-order valence-electron chi connectivity index (χ1n) is 8.10. The molecule has 1 amide bonds. The third kappa shape index (κ3) is 4.91. The molecule has 0 unspecified atom stereocenters. The molecule has 2 aromatic carbocycles. The Morgan fingerprint density at radius 3 is 2.79 bits per heavy atom. The number of carbonyl (C=O) groups excluding carboxylic acids is 1. The van der Waals surface area contributed by atoms with E-state index < -0.39 is 10.0 Å². The van der Waals surface area contributed by atoms with Gasteiger partial charge in [0.25, 0.3) is 0 Å². The number of primary sulfonamides is 1. The van der Waals surface area contributed by atoms with E-state index in [0.717, 1.165) is 11.4 Å². The van der Waals surface area contributed by atoms with Crippen LogP contribution in [0.4, 0.5) is 5.69 Å². The molecule has 3 aromatic rings. The summed E-state index contributed by atoms with van der Waals surface area (Å²) in [5.41, 5.74) is 1.22. The smallest absolute Gasteiger partial charge is 0.238 e. The van der Waals surface area contributed by atoms with Gasteiger partial charge in [-0.15, -0.1) is 0 Å². The topological polar surface area (TPSA) is 116 Å². The fourth-order valence-corrected chi connectivity index (χ4v) is 3.76. The van der Waals surface area contributed by atoms with Gasteiger partial charge in [0.15, 0.2) is 5.16 Å². The van der Waals surface area contributed by atoms with Crippen molar-refractivity contribution in [2.75, 3.05) is 18.2 Å². The summed E-state index contributed by atoms with van der Waals surface area (Å²) in [6.07, 6.45) is 3.44. The van der Waals surface area contributed by atoms with E-state index in [4.69, 9.17) is 9.88 Å². The molecule has 3 rings (SSSR count). The van der Waals surface area contributed by atoms with E-state index in [1.165, 1.54) is 30.0 Å². The lowest BCUT2D eigenvalue weighted by Crippen LogP contribution is -2.16. The molecule has 28 heavy (non-hydrogen) atoms. The van der Waals surface area contributed by atoms with E-state index in [0.29, 0.717) is 10.8 Å². The van der Waals surface area contributed by atoms with E-state index >= 15 is 0 Å². The number of ether oxygens (including phenoxy) is 1. The van der Waals surface area contributed by atoms with Gasteiger partial charge in [0, 0.05) is 24.1 Å². The second-order valence-electron chi connectivity index (χ2n) is 5.69. The van der Waals surface area contributed by atoms with Crippen LogP contribution in [0.3, 0.4) is 0 Å². The Morgan fingerprint density at radius 1 is 1.25 bits per heavy atom. The number of anilines is 1. The minimum absolute atomic E-state index is 0.0634. The molecule has 0 radical (unpaired) electrons. The minimum Gasteiger partial charge on any atom is -0.497 e. The van der Waals surface area contributed by atoms with Crippen LogP contribution in [0.15, 0.2) is 71.0 Å². The van der Waals surface area contributed by atoms with Crippen LogP contribution in [0.5, 0.6) is 5.75 Å². The summed E-state index contributed by atoms with van der Waals surface area (Å²) in [6.45, 7) is 0. The third-order valence-corrected chi connectivity index (χ3v) is 5.59. The largest absolute Gasteiger partial charge is 0.497 e. The van der Waals surface area contributed by atoms with Crippen LogP contribution < -0.4 is 15.2 Å². The fraction of sp³-hybridized carbons (Fsp3) is 0.111. The second kappa shape index (κ2) is 8.46. The molecule has 1 heterocycles. The molecule has 1 aromatic heterocycles. The number of hydrogen-bond acceptors (Lipinski definition) is 6. The van der Waals surface area contributed by atoms with Gasteiger partial charge >= 0.3 is 0 Å². The highest BCUT2D eigenvalue weighted by Crippen LogP contribution is 2.23. The average molecular weight is 419 g/mol. The van der Waals surface area contributed by atoms with Gasteiger partial charge in [0.1, 0.15) is 5.75 Å². The molecule has 0 aliphatic carbocycles. The summed E-state index contributed by atoms with van der Waals surface area (Å²) in [4.78, 5) is 16.5. The maximum absolute atomic E-state index is 12.2. The number of methoxy groups -OCH3 is 1. The molecule has 0 bridgehead atoms. The van der Waals surface area contributed by atoms with Gasteiger partial charge in [0.2, 0.25) is 15.9 Å². The molecule has 0 fully saturated rings. The van der Waals surface area contributed by atoms with Crippen LogP contribution in [0.25, 0.3) is 5.69 Å². The van der Waals surface area contributed by atoms with Crippen molar-refractivity contribution in [3.05, 3.63) is 60.9 Å². The van der Waals surface area contributed by atoms with Gasteiger partial charge in [0.05, 0.1) is 23.4 Å². The zero-order valence-corrected chi connectivity index (χ0v) is 16.5. The molecule has 10 heteroatoms. The standard InChI is InChI=1S/C18H18N4O4S2/c1-26-15-6-3-5-14(11-15)22-9-8-20-18(22)27-12-17(23)21-13-4-2-7-16(10-13)28(19,24)25/h2-11H,12H2,1H3,(H,21,23)(H2,19,24,25). The second-order valence-corrected chi connectivity index (χ2v) is 8.19. The molecule has 3 N–H and O–H groups in total. The Balaban J connectivity index is 1.67. The Kier molecular flexibility index (Phi) is 6.02. The number of imidazole rings is 1. The van der Waals surface area contributed by atoms with Gasteiger partial charge in [-0.1, -0.05) is 23.9 Å². The van der Waals surface area contributed by atoms with Crippen molar-refractivity contribution in [1.29, 1.82) is 0 Å². The lowest BCUT2D eigenvalue weighted by atomic mass is 10.3. The predicted octanol–water partition coefficient (Wildman–Crippen LogP) is 2.26. The molecular weight excluding hydrogens is 400 g/mol. The molecule has 0 spiro atoms. The van der Waals surface area contributed by atoms with Crippen molar-refractivity contribution in [3.63, 3.8) is 0 Å². The first-order valence-corrected chi connectivity index (χ1v) is 10.6. The fourth-order valence-electron chi connectivity index (χ4n) is 2.43. The summed E-state index contributed by atoms with van der Waals surface area (Å²) in [7, 11) is -2.24. The average Bonchev–Trinajstić information content (AvgIpc) is 3.14. The summed E-state index contributed by atoms with van der Waals surface area (Å²) in [5.74, 6) is 0.520. The number of nitrogens with zero attached hydrogens (tertiary/aromatic N) is 2. The van der Waals surface area contributed by atoms with Gasteiger partial charge in [-0.2, -0.15) is 0 Å². The van der Waals surface area contributed by atoms with E-state index in [9.17, 15) is 13.2 Å². The van der Waals surface area contributed by atoms with Crippen LogP contribution in [0.2, 0.25) is 0 Å². The highest BCUT2D eigenvalue weighted by Gasteiger charge is 2.12. The lowest BCUT2D eigenvalue weighted by Gasteiger charge is -2.09. The van der Waals surface area contributed by atoms with Crippen LogP contribution in [-0.2, 0) is 14.8 Å². The van der Waals surface area contributed by atoms with E-state index in [1.807, 2.05) is 28.8 Å². The SMILES string of the molecule is COc1cccc(-n2ccnc2SCC(=O)Nc2cccc(S(N)(=O)=O)c2)c1. The number of nitrogens with one attached hydrogen (secondary N) is 1. The lowest BCUT2D eigenvalue weighted by molar-refractivity contribution is -0.113. The number of benzene rings is 2. The van der Waals surface area contributed by atoms with Gasteiger partial charge in [-0.05, 0) is 30.3 Å². The quantitative estimate of drug-likeness (QED) is 0.569. The van der Waals surface area contributed by atoms with Gasteiger partial charge in [-0.3, -0.25) is 9.36 Å². The first-order chi connectivity index (χ1) is 13.4. The number of amides is 1. The van der Waals surface area contributed by atoms with Crippen molar-refractivity contribution in [2.24, 2.45) is 5.14 Å². The number of carbonyl (C=O) groups is 1. The zero-order chi connectivity index (χ0) is 20.1. The van der Waals surface area contributed by atoms with Crippen molar-refractivity contribution >= 4 is 33.4 Å². The van der Waals surface area contributed by atoms with Crippen molar-refractivity contribution in [3.8, 4) is 11.4 Å². The first kappa shape index (κ1) is 19.9. The van der Waals surface area contributed by atoms with E-state index in [-0.39, 0.29) is 16.6 Å². The summed E-state index contributed by atoms with van der Waals surface area (Å²) < 4.78 is 29.9. The molecule has 0 saturated heterocycles. The monoisotopic (exact) mass is 418 g/mol. The molecule has 8 nitrogen and oxygen atoms in total. The molecule has 0 aliphatic rings. The molecule has 0 saturated carbocycles. The highest BCUT2D eigenvalue weighted by molar-refractivity contribution is 7.99. The number of sulfonamides is 1. The summed E-state index contributed by atoms with van der Waals surface area (Å²) in [6, 6.07) is 13.3. The van der Waals surface area contributed by atoms with Gasteiger partial charge < -0.3 is 10.1 Å². The number of thioether (sulfide) groups is 1. The maximum Gasteiger partial charge on any atom is 0.238 e. The molecule has 146 valence electrons. The Labute approximate surface area is 166 Å². The molecular formula is C18H18N4O4S2. The number of hydrogen-bond donors (Lipinski definition) is 2. The number of rotatable bonds is 7. The minimum atomic E-state index is -3.83. The van der Waals surface area contributed by atoms with Crippen molar-refractivity contribution < 1.29 is 17.9 Å². The molecule has 0 aliphatic heterocycles. The summed E-state index contributed by atoms with van der Waals surface area (Å²) >= 11 is 1.26. The summed E-state index contributed by atoms with van der Waals surface area (Å²) in [5, 5.41) is 8.41. The van der Waals surface area contributed by atoms with Crippen LogP contribution in [0.1, 0.15) is 0 Å². The van der Waals surface area contributed by atoms with Crippen LogP contribution in [-0.4, -0.2) is 36.7 Å². The maximum atomic E-state index is 12.2. The van der Waals surface area contributed by atoms with Gasteiger partial charge in [-0.25, -0.2) is 18.5 Å². The predicted molar refractivity (Wildman–Crippen MR) is 107 cm³/mol. The Hall–Kier alpha value is -2.82. The van der Waals surface area contributed by atoms with Crippen LogP contribution >= 0.6 is 11.8 Å². The Morgan fingerprint density at radius 2 is 2.04 bits per heavy atom. The number of nitrogens with two attached hydrogens (primary N) is 1. The Bertz CT molecular complexity index is 1100. The molecule has 0 atom stereocenters. The highest BCUT2D eigenvalue weighted by atomic mass is 32.2. The number of aromatic nitrogens is 2. The zero-order valence-electron chi connectivity index (χ0n) is 14.9. The van der Waals surface area contributed by atoms with E-state index in [1.54, 1.807) is 25.6 Å². The van der Waals surface area contributed by atoms with Crippen molar-refractivity contribution in [1.82, 2.24) is 9.55 Å². The van der Waals surface area contributed by atoms with Crippen molar-refractivity contribution in [2.45, 2.75) is 10.1 Å². The van der Waals surface area contributed by atoms with Crippen LogP contribution in [0, 0.1) is 0 Å². The normalized spacial score (nSPS) is 11.2.